The van der Waals surface area contributed by atoms with Gasteiger partial charge in [0.25, 0.3) is 5.56 Å². The second-order valence-electron chi connectivity index (χ2n) is 7.12. The van der Waals surface area contributed by atoms with Crippen LogP contribution in [0.3, 0.4) is 0 Å². The molecule has 0 atom stereocenters. The lowest BCUT2D eigenvalue weighted by atomic mass is 10.1. The average Bonchev–Trinajstić information content (AvgIpc) is 2.72. The third kappa shape index (κ3) is 3.94. The molecule has 1 heterocycles. The number of nitrogens with one attached hydrogen (secondary N) is 1. The zero-order valence-corrected chi connectivity index (χ0v) is 16.3. The molecule has 29 heavy (non-hydrogen) atoms. The second-order valence-corrected chi connectivity index (χ2v) is 7.12. The van der Waals surface area contributed by atoms with Crippen molar-refractivity contribution in [1.29, 1.82) is 0 Å². The number of hydrogen-bond donors (Lipinski definition) is 1. The van der Waals surface area contributed by atoms with E-state index in [1.807, 2.05) is 74.5 Å². The molecular formula is C24H21N3O2. The molecule has 0 radical (unpaired) electrons. The zero-order valence-electron chi connectivity index (χ0n) is 16.3. The Labute approximate surface area is 168 Å². The Hall–Kier alpha value is -3.73. The smallest absolute Gasteiger partial charge is 0.262 e. The summed E-state index contributed by atoms with van der Waals surface area (Å²) in [5, 5.41) is 3.35. The van der Waals surface area contributed by atoms with Crippen LogP contribution in [-0.4, -0.2) is 15.5 Å². The fourth-order valence-corrected chi connectivity index (χ4v) is 3.22. The van der Waals surface area contributed by atoms with Gasteiger partial charge in [0.1, 0.15) is 12.4 Å². The van der Waals surface area contributed by atoms with Crippen molar-refractivity contribution in [3.63, 3.8) is 0 Å². The maximum Gasteiger partial charge on any atom is 0.262 e. The highest BCUT2D eigenvalue weighted by molar-refractivity contribution is 5.91. The topological polar surface area (TPSA) is 64.0 Å². The molecule has 4 aromatic rings. The Balaban J connectivity index is 1.77. The van der Waals surface area contributed by atoms with E-state index in [2.05, 4.69) is 5.32 Å². The largest absolute Gasteiger partial charge is 0.325 e. The minimum atomic E-state index is -0.276. The fraction of sp³-hybridized carbons (Fsp3) is 0.125. The number of amides is 1. The van der Waals surface area contributed by atoms with Gasteiger partial charge in [-0.1, -0.05) is 59.7 Å². The zero-order chi connectivity index (χ0) is 20.4. The Kier molecular flexibility index (Phi) is 4.96. The molecule has 0 saturated carbocycles. The summed E-state index contributed by atoms with van der Waals surface area (Å²) in [4.78, 5) is 30.5. The normalized spacial score (nSPS) is 10.8. The number of para-hydroxylation sites is 1. The molecule has 3 aromatic carbocycles. The monoisotopic (exact) mass is 383 g/mol. The van der Waals surface area contributed by atoms with Gasteiger partial charge in [0, 0.05) is 11.3 Å². The van der Waals surface area contributed by atoms with Crippen molar-refractivity contribution in [2.24, 2.45) is 0 Å². The van der Waals surface area contributed by atoms with Crippen LogP contribution < -0.4 is 10.9 Å². The number of aryl methyl sites for hydroxylation is 2. The molecule has 4 rings (SSSR count). The minimum Gasteiger partial charge on any atom is -0.325 e. The number of anilines is 1. The number of aromatic nitrogens is 2. The van der Waals surface area contributed by atoms with Crippen LogP contribution in [0, 0.1) is 13.8 Å². The summed E-state index contributed by atoms with van der Waals surface area (Å²) >= 11 is 0. The molecule has 0 aliphatic carbocycles. The van der Waals surface area contributed by atoms with Crippen LogP contribution >= 0.6 is 0 Å². The molecule has 144 valence electrons. The third-order valence-electron chi connectivity index (χ3n) is 4.81. The lowest BCUT2D eigenvalue weighted by Gasteiger charge is -2.14. The van der Waals surface area contributed by atoms with Crippen molar-refractivity contribution in [2.75, 3.05) is 5.32 Å². The molecule has 0 saturated heterocycles. The van der Waals surface area contributed by atoms with Gasteiger partial charge < -0.3 is 5.32 Å². The van der Waals surface area contributed by atoms with Crippen molar-refractivity contribution in [1.82, 2.24) is 9.55 Å². The summed E-state index contributed by atoms with van der Waals surface area (Å²) in [6.45, 7) is 3.87. The summed E-state index contributed by atoms with van der Waals surface area (Å²) in [5.74, 6) is 0.203. The number of benzene rings is 3. The summed E-state index contributed by atoms with van der Waals surface area (Å²) < 4.78 is 1.44. The highest BCUT2D eigenvalue weighted by Gasteiger charge is 2.15. The molecule has 0 unspecified atom stereocenters. The van der Waals surface area contributed by atoms with Crippen LogP contribution in [0.5, 0.6) is 0 Å². The van der Waals surface area contributed by atoms with Gasteiger partial charge in [-0.2, -0.15) is 0 Å². The van der Waals surface area contributed by atoms with Crippen LogP contribution in [0.4, 0.5) is 5.69 Å². The van der Waals surface area contributed by atoms with Gasteiger partial charge >= 0.3 is 0 Å². The standard InChI is InChI=1S/C24H21N3O2/c1-16-7-11-18(12-8-16)23-26-21-6-4-3-5-20(21)24(29)27(23)15-22(28)25-19-13-9-17(2)10-14-19/h3-14H,15H2,1-2H3,(H,25,28). The molecule has 0 spiro atoms. The SMILES string of the molecule is Cc1ccc(NC(=O)Cn2c(-c3ccc(C)cc3)nc3ccccc3c2=O)cc1. The number of carbonyl (C=O) groups is 1. The number of nitrogens with zero attached hydrogens (tertiary/aromatic N) is 2. The molecule has 0 aliphatic heterocycles. The van der Waals surface area contributed by atoms with Crippen LogP contribution in [0.15, 0.2) is 77.6 Å². The highest BCUT2D eigenvalue weighted by Crippen LogP contribution is 2.20. The average molecular weight is 383 g/mol. The van der Waals surface area contributed by atoms with Crippen LogP contribution in [0.2, 0.25) is 0 Å². The molecule has 0 fully saturated rings. The minimum absolute atomic E-state index is 0.117. The van der Waals surface area contributed by atoms with E-state index in [0.717, 1.165) is 16.7 Å². The maximum absolute atomic E-state index is 13.2. The first-order valence-electron chi connectivity index (χ1n) is 9.44. The molecule has 5 nitrogen and oxygen atoms in total. The summed E-state index contributed by atoms with van der Waals surface area (Å²) in [5.41, 5.74) is 4.09. The van der Waals surface area contributed by atoms with Gasteiger partial charge in [-0.3, -0.25) is 14.2 Å². The Morgan fingerprint density at radius 3 is 2.21 bits per heavy atom. The van der Waals surface area contributed by atoms with Gasteiger partial charge in [0.2, 0.25) is 5.91 Å². The maximum atomic E-state index is 13.2. The molecule has 0 bridgehead atoms. The van der Waals surface area contributed by atoms with E-state index in [0.29, 0.717) is 22.4 Å². The fourth-order valence-electron chi connectivity index (χ4n) is 3.22. The molecular weight excluding hydrogens is 362 g/mol. The molecule has 1 N–H and O–H groups in total. The van der Waals surface area contributed by atoms with E-state index >= 15 is 0 Å². The van der Waals surface area contributed by atoms with Crippen LogP contribution in [-0.2, 0) is 11.3 Å². The van der Waals surface area contributed by atoms with Crippen molar-refractivity contribution in [3.05, 3.63) is 94.3 Å². The van der Waals surface area contributed by atoms with Crippen molar-refractivity contribution >= 4 is 22.5 Å². The molecule has 1 aromatic heterocycles. The number of fused-ring (bicyclic) bond motifs is 1. The van der Waals surface area contributed by atoms with Gasteiger partial charge in [-0.25, -0.2) is 4.98 Å². The van der Waals surface area contributed by atoms with Crippen molar-refractivity contribution in [3.8, 4) is 11.4 Å². The lowest BCUT2D eigenvalue weighted by Crippen LogP contribution is -2.29. The number of hydrogen-bond acceptors (Lipinski definition) is 3. The third-order valence-corrected chi connectivity index (χ3v) is 4.81. The molecule has 5 heteroatoms. The van der Waals surface area contributed by atoms with Crippen LogP contribution in [0.1, 0.15) is 11.1 Å². The van der Waals surface area contributed by atoms with Gasteiger partial charge in [0.05, 0.1) is 10.9 Å². The Bertz CT molecular complexity index is 1240. The van der Waals surface area contributed by atoms with Gasteiger partial charge in [-0.05, 0) is 38.1 Å². The van der Waals surface area contributed by atoms with Crippen LogP contribution in [0.25, 0.3) is 22.3 Å². The van der Waals surface area contributed by atoms with E-state index in [4.69, 9.17) is 4.98 Å². The Morgan fingerprint density at radius 2 is 1.52 bits per heavy atom. The molecule has 1 amide bonds. The summed E-state index contributed by atoms with van der Waals surface area (Å²) in [7, 11) is 0. The lowest BCUT2D eigenvalue weighted by molar-refractivity contribution is -0.116. The van der Waals surface area contributed by atoms with Gasteiger partial charge in [0.15, 0.2) is 0 Å². The van der Waals surface area contributed by atoms with Gasteiger partial charge in [-0.15, -0.1) is 0 Å². The predicted octanol–water partition coefficient (Wildman–Crippen LogP) is 4.32. The predicted molar refractivity (Wildman–Crippen MR) is 116 cm³/mol. The van der Waals surface area contributed by atoms with E-state index in [1.165, 1.54) is 4.57 Å². The number of rotatable bonds is 4. The quantitative estimate of drug-likeness (QED) is 0.571. The summed E-state index contributed by atoms with van der Waals surface area (Å²) in [6, 6.07) is 22.5. The first-order chi connectivity index (χ1) is 14.0. The highest BCUT2D eigenvalue weighted by atomic mass is 16.2. The molecule has 0 aliphatic rings. The first-order valence-corrected chi connectivity index (χ1v) is 9.44. The van der Waals surface area contributed by atoms with E-state index in [-0.39, 0.29) is 18.0 Å². The van der Waals surface area contributed by atoms with Crippen molar-refractivity contribution in [2.45, 2.75) is 20.4 Å². The Morgan fingerprint density at radius 1 is 0.897 bits per heavy atom. The van der Waals surface area contributed by atoms with E-state index in [9.17, 15) is 9.59 Å². The first kappa shape index (κ1) is 18.6. The second kappa shape index (κ2) is 7.72. The van der Waals surface area contributed by atoms with E-state index in [1.54, 1.807) is 12.1 Å². The van der Waals surface area contributed by atoms with Crippen molar-refractivity contribution < 1.29 is 4.79 Å². The summed E-state index contributed by atoms with van der Waals surface area (Å²) in [6.07, 6.45) is 0. The number of carbonyl (C=O) groups excluding carboxylic acids is 1. The van der Waals surface area contributed by atoms with E-state index < -0.39 is 0 Å².